The van der Waals surface area contributed by atoms with E-state index in [0.717, 1.165) is 0 Å². The standard InChI is InChI=1S/C7H11N3O4/c1-3-5(8)9-4(2)7(12)14-10-13-6(3)11/h4-5,9-10H,1,8H2,2H3. The van der Waals surface area contributed by atoms with Crippen molar-refractivity contribution < 1.29 is 19.3 Å². The van der Waals surface area contributed by atoms with Crippen LogP contribution < -0.4 is 16.7 Å². The lowest BCUT2D eigenvalue weighted by atomic mass is 10.2. The fourth-order valence-electron chi connectivity index (χ4n) is 0.819. The van der Waals surface area contributed by atoms with E-state index < -0.39 is 24.1 Å². The second kappa shape index (κ2) is 4.18. The van der Waals surface area contributed by atoms with E-state index in [-0.39, 0.29) is 5.57 Å². The van der Waals surface area contributed by atoms with Crippen molar-refractivity contribution in [3.8, 4) is 0 Å². The Bertz CT molecular complexity index is 278. The third-order valence-electron chi connectivity index (χ3n) is 1.70. The van der Waals surface area contributed by atoms with Gasteiger partial charge >= 0.3 is 11.9 Å². The lowest BCUT2D eigenvalue weighted by molar-refractivity contribution is -0.195. The molecule has 0 bridgehead atoms. The summed E-state index contributed by atoms with van der Waals surface area (Å²) in [5, 5.41) is 2.61. The average molecular weight is 201 g/mol. The number of hydrogen-bond donors (Lipinski definition) is 3. The predicted molar refractivity (Wildman–Crippen MR) is 45.0 cm³/mol. The molecule has 0 saturated carbocycles. The number of hydrogen-bond acceptors (Lipinski definition) is 7. The van der Waals surface area contributed by atoms with Gasteiger partial charge in [-0.05, 0) is 6.92 Å². The van der Waals surface area contributed by atoms with Crippen LogP contribution in [-0.2, 0) is 19.3 Å². The maximum absolute atomic E-state index is 11.1. The topological polar surface area (TPSA) is 103 Å². The summed E-state index contributed by atoms with van der Waals surface area (Å²) in [6, 6.07) is -0.663. The van der Waals surface area contributed by atoms with Gasteiger partial charge in [0.05, 0.1) is 11.7 Å². The molecule has 2 unspecified atom stereocenters. The van der Waals surface area contributed by atoms with Gasteiger partial charge in [0.1, 0.15) is 6.04 Å². The quantitative estimate of drug-likeness (QED) is 0.402. The van der Waals surface area contributed by atoms with Crippen LogP contribution in [0.3, 0.4) is 0 Å². The number of rotatable bonds is 0. The van der Waals surface area contributed by atoms with Gasteiger partial charge in [-0.3, -0.25) is 5.32 Å². The van der Waals surface area contributed by atoms with Crippen molar-refractivity contribution in [3.05, 3.63) is 12.2 Å². The van der Waals surface area contributed by atoms with Crippen LogP contribution in [0.15, 0.2) is 12.2 Å². The lowest BCUT2D eigenvalue weighted by Gasteiger charge is -2.15. The maximum atomic E-state index is 11.1. The Morgan fingerprint density at radius 1 is 1.43 bits per heavy atom. The molecular formula is C7H11N3O4. The molecule has 78 valence electrons. The number of carbonyl (C=O) groups is 2. The van der Waals surface area contributed by atoms with E-state index in [4.69, 9.17) is 5.73 Å². The molecule has 0 spiro atoms. The Labute approximate surface area is 80.1 Å². The first-order valence-corrected chi connectivity index (χ1v) is 3.89. The highest BCUT2D eigenvalue weighted by molar-refractivity contribution is 5.89. The number of nitrogens with two attached hydrogens (primary N) is 1. The molecule has 1 saturated heterocycles. The summed E-state index contributed by atoms with van der Waals surface area (Å²) in [5.74, 6) is -1.42. The highest BCUT2D eigenvalue weighted by atomic mass is 16.9. The van der Waals surface area contributed by atoms with Crippen molar-refractivity contribution in [1.82, 2.24) is 11.0 Å². The molecule has 1 heterocycles. The van der Waals surface area contributed by atoms with Crippen LogP contribution in [0.25, 0.3) is 0 Å². The Morgan fingerprint density at radius 3 is 2.71 bits per heavy atom. The molecule has 0 aromatic carbocycles. The second-order valence-electron chi connectivity index (χ2n) is 2.79. The normalized spacial score (nSPS) is 29.7. The second-order valence-corrected chi connectivity index (χ2v) is 2.79. The molecule has 7 nitrogen and oxygen atoms in total. The van der Waals surface area contributed by atoms with Crippen molar-refractivity contribution in [2.45, 2.75) is 19.1 Å². The van der Waals surface area contributed by atoms with Gasteiger partial charge in [-0.2, -0.15) is 0 Å². The first kappa shape index (κ1) is 10.6. The fraction of sp³-hybridized carbons (Fsp3) is 0.429. The molecule has 1 aliphatic rings. The van der Waals surface area contributed by atoms with Gasteiger partial charge < -0.3 is 15.4 Å². The minimum absolute atomic E-state index is 0.00245. The molecule has 0 radical (unpaired) electrons. The van der Waals surface area contributed by atoms with E-state index in [0.29, 0.717) is 0 Å². The van der Waals surface area contributed by atoms with Gasteiger partial charge in [-0.1, -0.05) is 6.58 Å². The fourth-order valence-corrected chi connectivity index (χ4v) is 0.819. The van der Waals surface area contributed by atoms with Gasteiger partial charge in [-0.15, -0.1) is 0 Å². The summed E-state index contributed by atoms with van der Waals surface area (Å²) in [6.45, 7) is 4.94. The molecule has 0 aromatic heterocycles. The summed E-state index contributed by atoms with van der Waals surface area (Å²) in [7, 11) is 0. The van der Waals surface area contributed by atoms with E-state index in [1.807, 2.05) is 0 Å². The van der Waals surface area contributed by atoms with Gasteiger partial charge in [0.2, 0.25) is 0 Å². The molecule has 14 heavy (non-hydrogen) atoms. The minimum Gasteiger partial charge on any atom is -0.334 e. The van der Waals surface area contributed by atoms with E-state index >= 15 is 0 Å². The zero-order chi connectivity index (χ0) is 10.7. The van der Waals surface area contributed by atoms with Gasteiger partial charge in [-0.25, -0.2) is 9.59 Å². The van der Waals surface area contributed by atoms with E-state index in [1.165, 1.54) is 6.92 Å². The highest BCUT2D eigenvalue weighted by Gasteiger charge is 2.25. The molecule has 0 amide bonds. The molecular weight excluding hydrogens is 190 g/mol. The zero-order valence-electron chi connectivity index (χ0n) is 7.57. The Kier molecular flexibility index (Phi) is 3.18. The highest BCUT2D eigenvalue weighted by Crippen LogP contribution is 2.01. The third-order valence-corrected chi connectivity index (χ3v) is 1.70. The molecule has 0 aromatic rings. The Balaban J connectivity index is 2.76. The maximum Gasteiger partial charge on any atom is 0.358 e. The van der Waals surface area contributed by atoms with E-state index in [1.54, 1.807) is 5.64 Å². The van der Waals surface area contributed by atoms with Crippen molar-refractivity contribution in [2.75, 3.05) is 0 Å². The molecule has 1 aliphatic heterocycles. The Morgan fingerprint density at radius 2 is 2.07 bits per heavy atom. The molecule has 2 atom stereocenters. The summed E-state index contributed by atoms with van der Waals surface area (Å²) in [5.41, 5.74) is 7.27. The number of nitrogens with one attached hydrogen (secondary N) is 2. The minimum atomic E-state index is -0.843. The van der Waals surface area contributed by atoms with E-state index in [9.17, 15) is 9.59 Å². The summed E-state index contributed by atoms with van der Waals surface area (Å²) < 4.78 is 0. The lowest BCUT2D eigenvalue weighted by Crippen LogP contribution is -2.48. The van der Waals surface area contributed by atoms with Crippen molar-refractivity contribution in [3.63, 3.8) is 0 Å². The van der Waals surface area contributed by atoms with Crippen molar-refractivity contribution in [1.29, 1.82) is 0 Å². The largest absolute Gasteiger partial charge is 0.358 e. The molecule has 1 fully saturated rings. The van der Waals surface area contributed by atoms with Gasteiger partial charge in [0.15, 0.2) is 0 Å². The van der Waals surface area contributed by atoms with Gasteiger partial charge in [0, 0.05) is 5.64 Å². The van der Waals surface area contributed by atoms with Crippen LogP contribution in [0.1, 0.15) is 6.92 Å². The third kappa shape index (κ3) is 2.28. The van der Waals surface area contributed by atoms with Crippen LogP contribution in [0.4, 0.5) is 0 Å². The van der Waals surface area contributed by atoms with Crippen LogP contribution >= 0.6 is 0 Å². The van der Waals surface area contributed by atoms with Crippen LogP contribution in [0, 0.1) is 0 Å². The summed E-state index contributed by atoms with van der Waals surface area (Å²) in [6.07, 6.45) is -0.843. The van der Waals surface area contributed by atoms with Crippen LogP contribution in [0.5, 0.6) is 0 Å². The molecule has 4 N–H and O–H groups in total. The predicted octanol–water partition coefficient (Wildman–Crippen LogP) is -1.67. The zero-order valence-corrected chi connectivity index (χ0v) is 7.57. The molecule has 0 aliphatic carbocycles. The molecule has 1 rings (SSSR count). The average Bonchev–Trinajstić information content (AvgIpc) is 2.17. The monoisotopic (exact) mass is 201 g/mol. The van der Waals surface area contributed by atoms with Crippen molar-refractivity contribution >= 4 is 11.9 Å². The van der Waals surface area contributed by atoms with Crippen LogP contribution in [0.2, 0.25) is 0 Å². The van der Waals surface area contributed by atoms with Crippen molar-refractivity contribution in [2.24, 2.45) is 5.73 Å². The summed E-state index contributed by atoms with van der Waals surface area (Å²) in [4.78, 5) is 30.8. The first-order chi connectivity index (χ1) is 6.52. The van der Waals surface area contributed by atoms with E-state index in [2.05, 4.69) is 21.6 Å². The molecule has 7 heteroatoms. The van der Waals surface area contributed by atoms with Crippen LogP contribution in [-0.4, -0.2) is 24.1 Å². The summed E-state index contributed by atoms with van der Waals surface area (Å²) >= 11 is 0. The SMILES string of the molecule is C=C1C(=O)ONOC(=O)C(C)NC1N. The number of carbonyl (C=O) groups excluding carboxylic acids is 2. The Hall–Kier alpha value is -1.44. The van der Waals surface area contributed by atoms with Gasteiger partial charge in [0.25, 0.3) is 0 Å². The first-order valence-electron chi connectivity index (χ1n) is 3.89. The smallest absolute Gasteiger partial charge is 0.334 e.